The summed E-state index contributed by atoms with van der Waals surface area (Å²) < 4.78 is 6.05. The van der Waals surface area contributed by atoms with Gasteiger partial charge in [-0.25, -0.2) is 0 Å². The first-order valence-corrected chi connectivity index (χ1v) is 11.5. The zero-order valence-electron chi connectivity index (χ0n) is 21.0. The molecule has 0 heterocycles. The van der Waals surface area contributed by atoms with Crippen LogP contribution in [0.2, 0.25) is 0 Å². The van der Waals surface area contributed by atoms with E-state index in [1.165, 1.54) is 0 Å². The third-order valence-electron chi connectivity index (χ3n) is 6.48. The van der Waals surface area contributed by atoms with Gasteiger partial charge in [-0.3, -0.25) is 0 Å². The topological polar surface area (TPSA) is 73.2 Å². The van der Waals surface area contributed by atoms with Crippen molar-refractivity contribution in [3.63, 3.8) is 0 Å². The van der Waals surface area contributed by atoms with Gasteiger partial charge in [0.1, 0.15) is 17.2 Å². The number of rotatable bonds is 5. The van der Waals surface area contributed by atoms with Crippen molar-refractivity contribution in [3.8, 4) is 28.7 Å². The lowest BCUT2D eigenvalue weighted by Crippen LogP contribution is -2.13. The van der Waals surface area contributed by atoms with Gasteiger partial charge in [0.15, 0.2) is 11.5 Å². The summed E-state index contributed by atoms with van der Waals surface area (Å²) in [6.45, 7) is 11.6. The lowest BCUT2D eigenvalue weighted by Gasteiger charge is -2.29. The number of phenols is 3. The Balaban J connectivity index is 1.82. The Morgan fingerprint density at radius 3 is 1.57 bits per heavy atom. The van der Waals surface area contributed by atoms with Crippen molar-refractivity contribution in [1.82, 2.24) is 0 Å². The average molecular weight is 470 g/mol. The van der Waals surface area contributed by atoms with Crippen LogP contribution in [0.1, 0.15) is 33.4 Å². The Kier molecular flexibility index (Phi) is 6.35. The van der Waals surface area contributed by atoms with Crippen molar-refractivity contribution in [2.75, 3.05) is 4.90 Å². The molecule has 0 aliphatic heterocycles. The molecule has 5 heteroatoms. The molecule has 4 rings (SSSR count). The highest BCUT2D eigenvalue weighted by Gasteiger charge is 2.20. The number of hydrogen-bond acceptors (Lipinski definition) is 5. The Morgan fingerprint density at radius 2 is 1.06 bits per heavy atom. The fourth-order valence-electron chi connectivity index (χ4n) is 4.15. The van der Waals surface area contributed by atoms with Crippen LogP contribution in [0.5, 0.6) is 28.7 Å². The van der Waals surface area contributed by atoms with E-state index in [0.717, 1.165) is 50.4 Å². The first-order chi connectivity index (χ1) is 16.6. The number of ether oxygens (including phenoxy) is 1. The van der Waals surface area contributed by atoms with E-state index in [4.69, 9.17) is 4.74 Å². The van der Waals surface area contributed by atoms with Gasteiger partial charge in [-0.05, 0) is 130 Å². The zero-order chi connectivity index (χ0) is 25.4. The number of aryl methyl sites for hydroxylation is 5. The fourth-order valence-corrected chi connectivity index (χ4v) is 4.15. The molecule has 0 atom stereocenters. The molecule has 180 valence electrons. The van der Waals surface area contributed by atoms with Crippen LogP contribution in [0.15, 0.2) is 60.7 Å². The second-order valence-electron chi connectivity index (χ2n) is 9.14. The highest BCUT2D eigenvalue weighted by Crippen LogP contribution is 2.43. The molecule has 0 aliphatic carbocycles. The molecular weight excluding hydrogens is 438 g/mol. The van der Waals surface area contributed by atoms with Gasteiger partial charge in [-0.1, -0.05) is 6.07 Å². The third-order valence-corrected chi connectivity index (χ3v) is 6.48. The minimum Gasteiger partial charge on any atom is -0.508 e. The Labute approximate surface area is 206 Å². The van der Waals surface area contributed by atoms with E-state index in [9.17, 15) is 15.3 Å². The molecule has 0 unspecified atom stereocenters. The van der Waals surface area contributed by atoms with Crippen LogP contribution >= 0.6 is 0 Å². The van der Waals surface area contributed by atoms with Gasteiger partial charge in [-0.15, -0.1) is 0 Å². The predicted molar refractivity (Wildman–Crippen MR) is 141 cm³/mol. The van der Waals surface area contributed by atoms with Crippen LogP contribution in [-0.2, 0) is 0 Å². The second-order valence-corrected chi connectivity index (χ2v) is 9.14. The number of nitrogens with zero attached hydrogens (tertiary/aromatic N) is 1. The van der Waals surface area contributed by atoms with Gasteiger partial charge < -0.3 is 25.0 Å². The number of hydrogen-bond donors (Lipinski definition) is 3. The maximum absolute atomic E-state index is 10.3. The van der Waals surface area contributed by atoms with Gasteiger partial charge in [0.05, 0.1) is 0 Å². The van der Waals surface area contributed by atoms with E-state index >= 15 is 0 Å². The monoisotopic (exact) mass is 469 g/mol. The van der Waals surface area contributed by atoms with Crippen molar-refractivity contribution in [2.45, 2.75) is 41.5 Å². The van der Waals surface area contributed by atoms with Gasteiger partial charge in [-0.2, -0.15) is 0 Å². The molecule has 0 amide bonds. The molecule has 0 aromatic heterocycles. The first-order valence-electron chi connectivity index (χ1n) is 11.5. The van der Waals surface area contributed by atoms with Crippen molar-refractivity contribution in [2.24, 2.45) is 0 Å². The number of phenolic OH excluding ortho intramolecular Hbond substituents is 3. The molecule has 3 N–H and O–H groups in total. The molecule has 4 aromatic rings. The molecule has 0 radical (unpaired) electrons. The predicted octanol–water partition coefficient (Wildman–Crippen LogP) is 7.92. The normalized spacial score (nSPS) is 10.9. The summed E-state index contributed by atoms with van der Waals surface area (Å²) in [5, 5.41) is 30.8. The molecule has 0 fully saturated rings. The molecule has 0 aliphatic rings. The van der Waals surface area contributed by atoms with E-state index in [2.05, 4.69) is 4.90 Å². The fraction of sp³-hybridized carbons (Fsp3) is 0.200. The summed E-state index contributed by atoms with van der Waals surface area (Å²) >= 11 is 0. The summed E-state index contributed by atoms with van der Waals surface area (Å²) in [5.74, 6) is 1.66. The standard InChI is InChI=1S/C30H31NO4/c1-17-7-12-27(32)30(22(17)6)35-24-10-8-23(9-11-24)31(25-13-20(4)28(33)15-18(25)2)26-14-21(5)29(34)16-19(26)3/h7-16,32-34H,1-6H3. The smallest absolute Gasteiger partial charge is 0.172 e. The molecular formula is C30H31NO4. The summed E-state index contributed by atoms with van der Waals surface area (Å²) in [5.41, 5.74) is 8.05. The highest BCUT2D eigenvalue weighted by atomic mass is 16.5. The third kappa shape index (κ3) is 4.62. The number of aromatic hydroxyl groups is 3. The average Bonchev–Trinajstić information content (AvgIpc) is 2.81. The Hall–Kier alpha value is -4.12. The van der Waals surface area contributed by atoms with Crippen LogP contribution < -0.4 is 9.64 Å². The summed E-state index contributed by atoms with van der Waals surface area (Å²) in [4.78, 5) is 2.11. The summed E-state index contributed by atoms with van der Waals surface area (Å²) in [7, 11) is 0. The van der Waals surface area contributed by atoms with Gasteiger partial charge >= 0.3 is 0 Å². The van der Waals surface area contributed by atoms with Crippen molar-refractivity contribution in [3.05, 3.63) is 94.0 Å². The van der Waals surface area contributed by atoms with Crippen LogP contribution in [0.4, 0.5) is 17.1 Å². The zero-order valence-corrected chi connectivity index (χ0v) is 21.0. The molecule has 0 saturated carbocycles. The molecule has 35 heavy (non-hydrogen) atoms. The van der Waals surface area contributed by atoms with Crippen LogP contribution in [0.25, 0.3) is 0 Å². The number of anilines is 3. The second kappa shape index (κ2) is 9.26. The first kappa shape index (κ1) is 24.0. The van der Waals surface area contributed by atoms with Crippen molar-refractivity contribution >= 4 is 17.1 Å². The van der Waals surface area contributed by atoms with E-state index < -0.39 is 0 Å². The molecule has 0 spiro atoms. The Morgan fingerprint density at radius 1 is 0.543 bits per heavy atom. The molecule has 5 nitrogen and oxygen atoms in total. The minimum absolute atomic E-state index is 0.101. The highest BCUT2D eigenvalue weighted by molar-refractivity contribution is 5.82. The van der Waals surface area contributed by atoms with Crippen LogP contribution in [-0.4, -0.2) is 15.3 Å². The molecule has 4 aromatic carbocycles. The van der Waals surface area contributed by atoms with Crippen molar-refractivity contribution in [1.29, 1.82) is 0 Å². The molecule has 0 saturated heterocycles. The van der Waals surface area contributed by atoms with E-state index in [1.54, 1.807) is 18.2 Å². The van der Waals surface area contributed by atoms with Gasteiger partial charge in [0.2, 0.25) is 0 Å². The maximum Gasteiger partial charge on any atom is 0.172 e. The largest absolute Gasteiger partial charge is 0.508 e. The van der Waals surface area contributed by atoms with E-state index in [1.807, 2.05) is 84.0 Å². The SMILES string of the molecule is Cc1cc(N(c2ccc(Oc3c(O)ccc(C)c3C)cc2)c2cc(C)c(O)cc2C)c(C)cc1O. The summed E-state index contributed by atoms with van der Waals surface area (Å²) in [6.07, 6.45) is 0. The lowest BCUT2D eigenvalue weighted by atomic mass is 10.0. The van der Waals surface area contributed by atoms with E-state index in [0.29, 0.717) is 11.5 Å². The van der Waals surface area contributed by atoms with Crippen molar-refractivity contribution < 1.29 is 20.1 Å². The lowest BCUT2D eigenvalue weighted by molar-refractivity contribution is 0.408. The van der Waals surface area contributed by atoms with Crippen LogP contribution in [0, 0.1) is 41.5 Å². The van der Waals surface area contributed by atoms with Gasteiger partial charge in [0.25, 0.3) is 0 Å². The maximum atomic E-state index is 10.3. The number of benzene rings is 4. The summed E-state index contributed by atoms with van der Waals surface area (Å²) in [6, 6.07) is 18.6. The quantitative estimate of drug-likeness (QED) is 0.277. The van der Waals surface area contributed by atoms with Crippen LogP contribution in [0.3, 0.4) is 0 Å². The minimum atomic E-state index is 0.101. The Bertz CT molecular complexity index is 1350. The van der Waals surface area contributed by atoms with E-state index in [-0.39, 0.29) is 17.2 Å². The molecule has 0 bridgehead atoms. The van der Waals surface area contributed by atoms with Gasteiger partial charge in [0, 0.05) is 17.1 Å².